The van der Waals surface area contributed by atoms with Crippen LogP contribution < -0.4 is 26.1 Å². The first-order chi connectivity index (χ1) is 18.3. The van der Waals surface area contributed by atoms with Crippen molar-refractivity contribution in [2.75, 3.05) is 23.8 Å². The van der Waals surface area contributed by atoms with Crippen molar-refractivity contribution < 1.29 is 27.0 Å². The van der Waals surface area contributed by atoms with E-state index < -0.39 is 29.5 Å². The summed E-state index contributed by atoms with van der Waals surface area (Å²) >= 11 is 0. The van der Waals surface area contributed by atoms with E-state index in [0.717, 1.165) is 5.69 Å². The van der Waals surface area contributed by atoms with Crippen molar-refractivity contribution in [1.29, 1.82) is 0 Å². The van der Waals surface area contributed by atoms with E-state index in [1.807, 2.05) is 13.0 Å². The van der Waals surface area contributed by atoms with Crippen LogP contribution >= 0.6 is 0 Å². The Labute approximate surface area is 217 Å². The number of rotatable bonds is 7. The number of nitrogens with zero attached hydrogens (tertiary/aromatic N) is 3. The Morgan fingerprint density at radius 3 is 2.42 bits per heavy atom. The average molecular weight is 532 g/mol. The largest absolute Gasteiger partial charge is 0.461 e. The van der Waals surface area contributed by atoms with Gasteiger partial charge < -0.3 is 20.1 Å². The first kappa shape index (κ1) is 26.0. The van der Waals surface area contributed by atoms with Crippen LogP contribution in [0.2, 0.25) is 0 Å². The van der Waals surface area contributed by atoms with E-state index in [0.29, 0.717) is 61.1 Å². The van der Waals surface area contributed by atoms with Crippen molar-refractivity contribution in [2.45, 2.75) is 51.7 Å². The average Bonchev–Trinajstić information content (AvgIpc) is 3.09. The van der Waals surface area contributed by atoms with E-state index >= 15 is 0 Å². The molecule has 1 aromatic heterocycles. The highest BCUT2D eigenvalue weighted by atomic mass is 19.2. The summed E-state index contributed by atoms with van der Waals surface area (Å²) in [7, 11) is 0. The Morgan fingerprint density at radius 2 is 1.76 bits per heavy atom. The zero-order chi connectivity index (χ0) is 26.8. The smallest absolute Gasteiger partial charge is 0.235 e. The Morgan fingerprint density at radius 1 is 1.08 bits per heavy atom. The first-order valence-corrected chi connectivity index (χ1v) is 12.6. The quantitative estimate of drug-likeness (QED) is 0.422. The normalized spacial score (nSPS) is 20.5. The number of halogens is 4. The lowest BCUT2D eigenvalue weighted by Gasteiger charge is -2.23. The second-order valence-corrected chi connectivity index (χ2v) is 9.60. The van der Waals surface area contributed by atoms with Crippen LogP contribution in [0.25, 0.3) is 6.08 Å². The number of alkyl halides is 1. The minimum absolute atomic E-state index is 0.0127. The second-order valence-electron chi connectivity index (χ2n) is 9.60. The molecule has 3 unspecified atom stereocenters. The second kappa shape index (κ2) is 11.0. The summed E-state index contributed by atoms with van der Waals surface area (Å²) in [6.07, 6.45) is 2.29. The molecule has 7 nitrogen and oxygen atoms in total. The predicted molar refractivity (Wildman–Crippen MR) is 135 cm³/mol. The maximum atomic E-state index is 14.5. The molecule has 11 heteroatoms. The molecule has 2 aliphatic rings. The Bertz CT molecular complexity index is 1380. The van der Waals surface area contributed by atoms with Crippen LogP contribution in [0.1, 0.15) is 39.2 Å². The SMILES string of the molecule is CC1C=c2c(Nc3c(F)cc(F)cc3F)nn(C3CCOCC3)c2=NC(Nc2ccc(OC(C)F)cc2)C1. The molecule has 3 aromatic rings. The zero-order valence-corrected chi connectivity index (χ0v) is 21.1. The molecule has 1 fully saturated rings. The van der Waals surface area contributed by atoms with Crippen molar-refractivity contribution in [2.24, 2.45) is 10.9 Å². The van der Waals surface area contributed by atoms with Gasteiger partial charge in [-0.1, -0.05) is 13.0 Å². The number of hydrogen-bond acceptors (Lipinski definition) is 6. The number of hydrogen-bond donors (Lipinski definition) is 2. The highest BCUT2D eigenvalue weighted by Gasteiger charge is 2.25. The molecule has 0 radical (unpaired) electrons. The van der Waals surface area contributed by atoms with Crippen molar-refractivity contribution in [1.82, 2.24) is 9.78 Å². The summed E-state index contributed by atoms with van der Waals surface area (Å²) < 4.78 is 68.0. The molecule has 2 aromatic carbocycles. The van der Waals surface area contributed by atoms with Gasteiger partial charge in [0.05, 0.1) is 11.3 Å². The molecule has 2 aliphatic heterocycles. The fourth-order valence-electron chi connectivity index (χ4n) is 4.78. The monoisotopic (exact) mass is 531 g/mol. The predicted octanol–water partition coefficient (Wildman–Crippen LogP) is 4.97. The molecule has 0 amide bonds. The Balaban J connectivity index is 1.54. The molecule has 0 aliphatic carbocycles. The van der Waals surface area contributed by atoms with Crippen LogP contribution in [-0.2, 0) is 4.74 Å². The van der Waals surface area contributed by atoms with Crippen LogP contribution in [0.3, 0.4) is 0 Å². The van der Waals surface area contributed by atoms with Gasteiger partial charge in [0.2, 0.25) is 6.36 Å². The van der Waals surface area contributed by atoms with Gasteiger partial charge in [-0.3, -0.25) is 0 Å². The van der Waals surface area contributed by atoms with Crippen molar-refractivity contribution in [3.8, 4) is 5.75 Å². The summed E-state index contributed by atoms with van der Waals surface area (Å²) in [5.41, 5.74) is 0.880. The number of anilines is 3. The molecule has 1 saturated heterocycles. The number of benzene rings is 2. The lowest BCUT2D eigenvalue weighted by atomic mass is 10.1. The highest BCUT2D eigenvalue weighted by molar-refractivity contribution is 5.59. The lowest BCUT2D eigenvalue weighted by molar-refractivity contribution is 0.0651. The standard InChI is InChI=1S/C27H29F4N5O2/c1-15-11-21-26(34-25-22(30)13-17(29)14-23(25)31)35-36(19-7-9-37-10-8-19)27(21)33-24(12-15)32-18-3-5-20(6-4-18)38-16(2)28/h3-6,11,13-16,19,24,32H,7-10,12H2,1-2H3,(H,34,35). The topological polar surface area (TPSA) is 72.7 Å². The van der Waals surface area contributed by atoms with Crippen LogP contribution in [-0.4, -0.2) is 35.5 Å². The van der Waals surface area contributed by atoms with Crippen LogP contribution in [0.5, 0.6) is 5.75 Å². The molecule has 2 N–H and O–H groups in total. The number of fused-ring (bicyclic) bond motifs is 1. The molecule has 3 atom stereocenters. The van der Waals surface area contributed by atoms with E-state index in [-0.39, 0.29) is 23.9 Å². The van der Waals surface area contributed by atoms with Crippen LogP contribution in [0.4, 0.5) is 34.8 Å². The molecule has 3 heterocycles. The minimum Gasteiger partial charge on any atom is -0.461 e. The molecule has 5 rings (SSSR count). The summed E-state index contributed by atoms with van der Waals surface area (Å²) in [5, 5.41) is 11.5. The molecule has 0 spiro atoms. The van der Waals surface area contributed by atoms with Crippen LogP contribution in [0, 0.1) is 23.4 Å². The molecule has 0 saturated carbocycles. The molecule has 38 heavy (non-hydrogen) atoms. The van der Waals surface area contributed by atoms with E-state index in [2.05, 4.69) is 10.6 Å². The summed E-state index contributed by atoms with van der Waals surface area (Å²) in [4.78, 5) is 4.99. The molecular weight excluding hydrogens is 502 g/mol. The van der Waals surface area contributed by atoms with E-state index in [9.17, 15) is 17.6 Å². The number of nitrogens with one attached hydrogen (secondary N) is 2. The van der Waals surface area contributed by atoms with Gasteiger partial charge >= 0.3 is 0 Å². The third kappa shape index (κ3) is 5.77. The van der Waals surface area contributed by atoms with Crippen molar-refractivity contribution in [3.63, 3.8) is 0 Å². The molecule has 202 valence electrons. The van der Waals surface area contributed by atoms with Crippen molar-refractivity contribution >= 4 is 23.3 Å². The number of aromatic nitrogens is 2. The van der Waals surface area contributed by atoms with Gasteiger partial charge in [0.1, 0.15) is 23.4 Å². The third-order valence-corrected chi connectivity index (χ3v) is 6.52. The third-order valence-electron chi connectivity index (χ3n) is 6.52. The minimum atomic E-state index is -1.41. The lowest BCUT2D eigenvalue weighted by Crippen LogP contribution is -2.36. The molecule has 0 bridgehead atoms. The molecular formula is C27H29F4N5O2. The zero-order valence-electron chi connectivity index (χ0n) is 21.1. The van der Waals surface area contributed by atoms with Gasteiger partial charge in [0.15, 0.2) is 22.9 Å². The van der Waals surface area contributed by atoms with Gasteiger partial charge in [-0.25, -0.2) is 27.2 Å². The maximum absolute atomic E-state index is 14.5. The maximum Gasteiger partial charge on any atom is 0.235 e. The fourth-order valence-corrected chi connectivity index (χ4v) is 4.78. The summed E-state index contributed by atoms with van der Waals surface area (Å²) in [5.74, 6) is -2.41. The summed E-state index contributed by atoms with van der Waals surface area (Å²) in [6, 6.07) is 8.17. The van der Waals surface area contributed by atoms with E-state index in [4.69, 9.17) is 19.6 Å². The number of ether oxygens (including phenoxy) is 2. The van der Waals surface area contributed by atoms with E-state index in [1.165, 1.54) is 6.92 Å². The first-order valence-electron chi connectivity index (χ1n) is 12.6. The van der Waals surface area contributed by atoms with Gasteiger partial charge in [-0.15, -0.1) is 0 Å². The van der Waals surface area contributed by atoms with Gasteiger partial charge in [-0.2, -0.15) is 5.10 Å². The van der Waals surface area contributed by atoms with Gasteiger partial charge in [-0.05, 0) is 49.4 Å². The summed E-state index contributed by atoms with van der Waals surface area (Å²) in [6.45, 7) is 4.47. The van der Waals surface area contributed by atoms with Gasteiger partial charge in [0, 0.05) is 38.0 Å². The fraction of sp³-hybridized carbons (Fsp3) is 0.407. The van der Waals surface area contributed by atoms with Crippen molar-refractivity contribution in [3.05, 3.63) is 64.6 Å². The van der Waals surface area contributed by atoms with Crippen LogP contribution in [0.15, 0.2) is 41.4 Å². The van der Waals surface area contributed by atoms with Gasteiger partial charge in [0.25, 0.3) is 0 Å². The highest BCUT2D eigenvalue weighted by Crippen LogP contribution is 2.25. The Hall–Kier alpha value is -3.60. The Kier molecular flexibility index (Phi) is 7.55. The van der Waals surface area contributed by atoms with E-state index in [1.54, 1.807) is 28.9 Å².